The fraction of sp³-hybridized carbons (Fsp3) is 0.538. The quantitative estimate of drug-likeness (QED) is 0.761. The summed E-state index contributed by atoms with van der Waals surface area (Å²) in [6.07, 6.45) is 0. The highest BCUT2D eigenvalue weighted by atomic mass is 16.5. The van der Waals surface area contributed by atoms with Crippen LogP contribution in [-0.2, 0) is 0 Å². The zero-order chi connectivity index (χ0) is 12.7. The Hall–Kier alpha value is -1.26. The SMILES string of the molecule is CCNC(C)c1c(OC)cccc1OCCO. The molecule has 1 aromatic rings. The van der Waals surface area contributed by atoms with E-state index in [2.05, 4.69) is 19.2 Å². The number of aliphatic hydroxyl groups is 1. The third-order valence-electron chi connectivity index (χ3n) is 2.54. The third-order valence-corrected chi connectivity index (χ3v) is 2.54. The topological polar surface area (TPSA) is 50.7 Å². The highest BCUT2D eigenvalue weighted by Gasteiger charge is 2.16. The molecule has 1 rings (SSSR count). The molecule has 1 atom stereocenters. The van der Waals surface area contributed by atoms with Gasteiger partial charge in [0.15, 0.2) is 0 Å². The van der Waals surface area contributed by atoms with Crippen molar-refractivity contribution in [3.63, 3.8) is 0 Å². The van der Waals surface area contributed by atoms with E-state index < -0.39 is 0 Å². The third kappa shape index (κ3) is 3.61. The summed E-state index contributed by atoms with van der Waals surface area (Å²) < 4.78 is 10.9. The first-order chi connectivity index (χ1) is 8.24. The number of ether oxygens (including phenoxy) is 2. The van der Waals surface area contributed by atoms with Gasteiger partial charge in [-0.1, -0.05) is 13.0 Å². The van der Waals surface area contributed by atoms with Crippen LogP contribution < -0.4 is 14.8 Å². The minimum Gasteiger partial charge on any atom is -0.496 e. The average molecular weight is 239 g/mol. The van der Waals surface area contributed by atoms with Crippen molar-refractivity contribution in [1.82, 2.24) is 5.32 Å². The summed E-state index contributed by atoms with van der Waals surface area (Å²) in [5.74, 6) is 1.56. The van der Waals surface area contributed by atoms with Gasteiger partial charge in [0.2, 0.25) is 0 Å². The van der Waals surface area contributed by atoms with E-state index in [1.165, 1.54) is 0 Å². The molecule has 0 spiro atoms. The van der Waals surface area contributed by atoms with Crippen molar-refractivity contribution in [2.75, 3.05) is 26.9 Å². The van der Waals surface area contributed by atoms with Crippen molar-refractivity contribution in [1.29, 1.82) is 0 Å². The zero-order valence-electron chi connectivity index (χ0n) is 10.7. The summed E-state index contributed by atoms with van der Waals surface area (Å²) >= 11 is 0. The van der Waals surface area contributed by atoms with Crippen LogP contribution in [0, 0.1) is 0 Å². The maximum atomic E-state index is 8.82. The molecule has 0 saturated heterocycles. The van der Waals surface area contributed by atoms with Gasteiger partial charge >= 0.3 is 0 Å². The maximum Gasteiger partial charge on any atom is 0.127 e. The standard InChI is InChI=1S/C13H21NO3/c1-4-14-10(2)13-11(16-3)6-5-7-12(13)17-9-8-15/h5-7,10,14-15H,4,8-9H2,1-3H3. The van der Waals surface area contributed by atoms with Gasteiger partial charge in [-0.3, -0.25) is 0 Å². The van der Waals surface area contributed by atoms with Crippen molar-refractivity contribution < 1.29 is 14.6 Å². The Morgan fingerprint density at radius 2 is 2.06 bits per heavy atom. The molecular weight excluding hydrogens is 218 g/mol. The maximum absolute atomic E-state index is 8.82. The first-order valence-electron chi connectivity index (χ1n) is 5.88. The lowest BCUT2D eigenvalue weighted by atomic mass is 10.1. The second-order valence-electron chi connectivity index (χ2n) is 3.72. The van der Waals surface area contributed by atoms with E-state index in [4.69, 9.17) is 14.6 Å². The predicted molar refractivity (Wildman–Crippen MR) is 67.7 cm³/mol. The Kier molecular flexibility index (Phi) is 5.80. The summed E-state index contributed by atoms with van der Waals surface area (Å²) in [5.41, 5.74) is 0.991. The van der Waals surface area contributed by atoms with E-state index in [9.17, 15) is 0 Å². The molecule has 1 unspecified atom stereocenters. The van der Waals surface area contributed by atoms with Crippen LogP contribution in [0.2, 0.25) is 0 Å². The highest BCUT2D eigenvalue weighted by Crippen LogP contribution is 2.33. The first kappa shape index (κ1) is 13.8. The average Bonchev–Trinajstić information content (AvgIpc) is 2.35. The molecule has 0 fully saturated rings. The number of benzene rings is 1. The van der Waals surface area contributed by atoms with Crippen molar-refractivity contribution >= 4 is 0 Å². The van der Waals surface area contributed by atoms with Gasteiger partial charge in [0.05, 0.1) is 19.3 Å². The molecule has 0 aliphatic heterocycles. The van der Waals surface area contributed by atoms with E-state index in [0.717, 1.165) is 23.6 Å². The molecule has 0 heterocycles. The Balaban J connectivity index is 3.01. The zero-order valence-corrected chi connectivity index (χ0v) is 10.7. The van der Waals surface area contributed by atoms with Gasteiger partial charge < -0.3 is 19.9 Å². The van der Waals surface area contributed by atoms with Crippen LogP contribution in [0.1, 0.15) is 25.5 Å². The van der Waals surface area contributed by atoms with Gasteiger partial charge in [0.25, 0.3) is 0 Å². The molecular formula is C13H21NO3. The molecule has 0 radical (unpaired) electrons. The van der Waals surface area contributed by atoms with Gasteiger partial charge in [-0.15, -0.1) is 0 Å². The lowest BCUT2D eigenvalue weighted by molar-refractivity contribution is 0.199. The largest absolute Gasteiger partial charge is 0.496 e. The molecule has 17 heavy (non-hydrogen) atoms. The number of rotatable bonds is 7. The Labute approximate surface area is 103 Å². The number of hydrogen-bond acceptors (Lipinski definition) is 4. The van der Waals surface area contributed by atoms with E-state index in [-0.39, 0.29) is 12.6 Å². The van der Waals surface area contributed by atoms with Crippen LogP contribution in [0.5, 0.6) is 11.5 Å². The summed E-state index contributed by atoms with van der Waals surface area (Å²) in [4.78, 5) is 0. The molecule has 2 N–H and O–H groups in total. The molecule has 0 aliphatic carbocycles. The number of nitrogens with one attached hydrogen (secondary N) is 1. The second kappa shape index (κ2) is 7.14. The number of hydrogen-bond donors (Lipinski definition) is 2. The molecule has 0 aromatic heterocycles. The van der Waals surface area contributed by atoms with Gasteiger partial charge in [-0.2, -0.15) is 0 Å². The van der Waals surface area contributed by atoms with Gasteiger partial charge in [-0.05, 0) is 25.6 Å². The summed E-state index contributed by atoms with van der Waals surface area (Å²) in [5, 5.41) is 12.1. The Morgan fingerprint density at radius 1 is 1.35 bits per heavy atom. The molecule has 0 amide bonds. The minimum absolute atomic E-state index is 0.00619. The Bertz CT molecular complexity index is 341. The second-order valence-corrected chi connectivity index (χ2v) is 3.72. The van der Waals surface area contributed by atoms with Crippen LogP contribution in [0.3, 0.4) is 0 Å². The fourth-order valence-electron chi connectivity index (χ4n) is 1.82. The molecule has 0 saturated carbocycles. The number of methoxy groups -OCH3 is 1. The minimum atomic E-state index is 0.00619. The van der Waals surface area contributed by atoms with Crippen molar-refractivity contribution in [2.45, 2.75) is 19.9 Å². The normalized spacial score (nSPS) is 12.2. The van der Waals surface area contributed by atoms with Crippen LogP contribution >= 0.6 is 0 Å². The summed E-state index contributed by atoms with van der Waals surface area (Å²) in [6.45, 7) is 5.29. The van der Waals surface area contributed by atoms with Crippen LogP contribution in [-0.4, -0.2) is 32.0 Å². The lowest BCUT2D eigenvalue weighted by Gasteiger charge is -2.20. The molecule has 4 heteroatoms. The van der Waals surface area contributed by atoms with E-state index >= 15 is 0 Å². The lowest BCUT2D eigenvalue weighted by Crippen LogP contribution is -2.19. The highest BCUT2D eigenvalue weighted by molar-refractivity contribution is 5.46. The fourth-order valence-corrected chi connectivity index (χ4v) is 1.82. The van der Waals surface area contributed by atoms with Crippen LogP contribution in [0.25, 0.3) is 0 Å². The van der Waals surface area contributed by atoms with Gasteiger partial charge in [0, 0.05) is 6.04 Å². The van der Waals surface area contributed by atoms with E-state index in [0.29, 0.717) is 6.61 Å². The molecule has 0 aliphatic rings. The summed E-state index contributed by atoms with van der Waals surface area (Å²) in [7, 11) is 1.65. The van der Waals surface area contributed by atoms with Crippen molar-refractivity contribution in [3.8, 4) is 11.5 Å². The summed E-state index contributed by atoms with van der Waals surface area (Å²) in [6, 6.07) is 5.83. The van der Waals surface area contributed by atoms with E-state index in [1.807, 2.05) is 18.2 Å². The van der Waals surface area contributed by atoms with Crippen molar-refractivity contribution in [2.24, 2.45) is 0 Å². The number of aliphatic hydroxyl groups excluding tert-OH is 1. The molecule has 1 aromatic carbocycles. The van der Waals surface area contributed by atoms with Crippen molar-refractivity contribution in [3.05, 3.63) is 23.8 Å². The smallest absolute Gasteiger partial charge is 0.127 e. The molecule has 96 valence electrons. The monoisotopic (exact) mass is 239 g/mol. The van der Waals surface area contributed by atoms with Crippen LogP contribution in [0.4, 0.5) is 0 Å². The molecule has 4 nitrogen and oxygen atoms in total. The van der Waals surface area contributed by atoms with Gasteiger partial charge in [-0.25, -0.2) is 0 Å². The first-order valence-corrected chi connectivity index (χ1v) is 5.88. The van der Waals surface area contributed by atoms with Gasteiger partial charge in [0.1, 0.15) is 18.1 Å². The predicted octanol–water partition coefficient (Wildman–Crippen LogP) is 1.74. The molecule has 0 bridgehead atoms. The Morgan fingerprint density at radius 3 is 2.65 bits per heavy atom. The van der Waals surface area contributed by atoms with E-state index in [1.54, 1.807) is 7.11 Å². The van der Waals surface area contributed by atoms with Crippen LogP contribution in [0.15, 0.2) is 18.2 Å².